The molecule has 0 atom stereocenters. The van der Waals surface area contributed by atoms with Gasteiger partial charge in [-0.1, -0.05) is 72.4 Å². The summed E-state index contributed by atoms with van der Waals surface area (Å²) in [6.07, 6.45) is 1.68. The first-order valence-corrected chi connectivity index (χ1v) is 8.50. The summed E-state index contributed by atoms with van der Waals surface area (Å²) < 4.78 is 1.30. The Balaban J connectivity index is 1.72. The molecule has 118 valence electrons. The van der Waals surface area contributed by atoms with Gasteiger partial charge in [0, 0.05) is 11.3 Å². The van der Waals surface area contributed by atoms with E-state index >= 15 is 0 Å². The van der Waals surface area contributed by atoms with E-state index in [0.717, 1.165) is 16.9 Å². The second kappa shape index (κ2) is 6.33. The molecule has 4 rings (SSSR count). The number of hydrogen-bond donors (Lipinski definition) is 1. The number of H-pyrrole nitrogens is 1. The molecular weight excluding hydrogens is 320 g/mol. The molecule has 24 heavy (non-hydrogen) atoms. The van der Waals surface area contributed by atoms with Crippen LogP contribution in [0.2, 0.25) is 0 Å². The van der Waals surface area contributed by atoms with Crippen LogP contribution in [0.1, 0.15) is 5.56 Å². The van der Waals surface area contributed by atoms with E-state index in [2.05, 4.69) is 27.2 Å². The summed E-state index contributed by atoms with van der Waals surface area (Å²) in [5.74, 6) is 0.745. The Morgan fingerprint density at radius 2 is 1.71 bits per heavy atom. The topological polar surface area (TPSA) is 63.0 Å². The minimum atomic E-state index is -0.280. The summed E-state index contributed by atoms with van der Waals surface area (Å²) in [6.45, 7) is 0. The standard InChI is InChI=1S/C18H14N4OS/c23-18-21-17(24-12-13-7-3-1-4-8-13)20-16-15(11-19-22(16)18)14-9-5-2-6-10-14/h1-11H,12H2,(H,20,21,23). The van der Waals surface area contributed by atoms with Gasteiger partial charge in [-0.3, -0.25) is 4.98 Å². The van der Waals surface area contributed by atoms with Crippen molar-refractivity contribution in [3.8, 4) is 11.1 Å². The average Bonchev–Trinajstić information content (AvgIpc) is 3.06. The number of nitrogens with zero attached hydrogens (tertiary/aromatic N) is 3. The molecule has 0 spiro atoms. The molecule has 2 aromatic carbocycles. The van der Waals surface area contributed by atoms with Gasteiger partial charge in [0.2, 0.25) is 0 Å². The number of nitrogens with one attached hydrogen (secondary N) is 1. The van der Waals surface area contributed by atoms with E-state index in [0.29, 0.717) is 10.8 Å². The minimum absolute atomic E-state index is 0.280. The maximum atomic E-state index is 12.2. The molecule has 0 saturated heterocycles. The van der Waals surface area contributed by atoms with Crippen molar-refractivity contribution in [2.75, 3.05) is 0 Å². The number of aromatic amines is 1. The van der Waals surface area contributed by atoms with E-state index in [1.54, 1.807) is 6.20 Å². The summed E-state index contributed by atoms with van der Waals surface area (Å²) in [6, 6.07) is 19.9. The second-order valence-corrected chi connectivity index (χ2v) is 6.25. The third-order valence-corrected chi connectivity index (χ3v) is 4.61. The first kappa shape index (κ1) is 14.7. The summed E-state index contributed by atoms with van der Waals surface area (Å²) in [5.41, 5.74) is 3.31. The largest absolute Gasteiger partial charge is 0.350 e. The normalized spacial score (nSPS) is 11.0. The molecule has 0 amide bonds. The number of fused-ring (bicyclic) bond motifs is 1. The van der Waals surface area contributed by atoms with Gasteiger partial charge in [0.1, 0.15) is 0 Å². The maximum absolute atomic E-state index is 12.2. The van der Waals surface area contributed by atoms with Crippen LogP contribution in [-0.2, 0) is 5.75 Å². The first-order valence-electron chi connectivity index (χ1n) is 7.51. The molecular formula is C18H14N4OS. The fourth-order valence-electron chi connectivity index (χ4n) is 2.48. The Morgan fingerprint density at radius 1 is 1.00 bits per heavy atom. The van der Waals surface area contributed by atoms with Crippen molar-refractivity contribution < 1.29 is 0 Å². The monoisotopic (exact) mass is 334 g/mol. The van der Waals surface area contributed by atoms with Crippen molar-refractivity contribution in [1.29, 1.82) is 0 Å². The summed E-state index contributed by atoms with van der Waals surface area (Å²) in [4.78, 5) is 19.6. The predicted molar refractivity (Wildman–Crippen MR) is 95.0 cm³/mol. The van der Waals surface area contributed by atoms with Crippen molar-refractivity contribution in [3.05, 3.63) is 82.9 Å². The van der Waals surface area contributed by atoms with Gasteiger partial charge in [0.05, 0.1) is 6.20 Å². The lowest BCUT2D eigenvalue weighted by Gasteiger charge is -2.03. The van der Waals surface area contributed by atoms with Gasteiger partial charge in [0.25, 0.3) is 0 Å². The third-order valence-electron chi connectivity index (χ3n) is 3.66. The van der Waals surface area contributed by atoms with Gasteiger partial charge in [-0.05, 0) is 11.1 Å². The van der Waals surface area contributed by atoms with Crippen LogP contribution < -0.4 is 5.69 Å². The van der Waals surface area contributed by atoms with Crippen LogP contribution in [0.3, 0.4) is 0 Å². The van der Waals surface area contributed by atoms with Gasteiger partial charge >= 0.3 is 5.69 Å². The molecule has 5 nitrogen and oxygen atoms in total. The van der Waals surface area contributed by atoms with E-state index < -0.39 is 0 Å². The Morgan fingerprint density at radius 3 is 2.46 bits per heavy atom. The second-order valence-electron chi connectivity index (χ2n) is 5.28. The molecule has 4 aromatic rings. The van der Waals surface area contributed by atoms with Gasteiger partial charge in [-0.25, -0.2) is 9.78 Å². The lowest BCUT2D eigenvalue weighted by molar-refractivity contribution is 0.786. The molecule has 0 unspecified atom stereocenters. The van der Waals surface area contributed by atoms with Crippen LogP contribution in [0.4, 0.5) is 0 Å². The Labute approximate surface area is 142 Å². The lowest BCUT2D eigenvalue weighted by atomic mass is 10.1. The highest BCUT2D eigenvalue weighted by molar-refractivity contribution is 7.98. The first-order chi connectivity index (χ1) is 11.8. The molecule has 1 N–H and O–H groups in total. The highest BCUT2D eigenvalue weighted by atomic mass is 32.2. The van der Waals surface area contributed by atoms with Gasteiger partial charge in [-0.2, -0.15) is 9.61 Å². The van der Waals surface area contributed by atoms with E-state index in [-0.39, 0.29) is 5.69 Å². The van der Waals surface area contributed by atoms with Crippen LogP contribution in [0.25, 0.3) is 16.8 Å². The number of hydrogen-bond acceptors (Lipinski definition) is 4. The summed E-state index contributed by atoms with van der Waals surface area (Å²) in [5, 5.41) is 4.75. The lowest BCUT2D eigenvalue weighted by Crippen LogP contribution is -2.19. The molecule has 0 radical (unpaired) electrons. The smallest absolute Gasteiger partial charge is 0.285 e. The van der Waals surface area contributed by atoms with Crippen molar-refractivity contribution in [2.24, 2.45) is 0 Å². The van der Waals surface area contributed by atoms with Crippen LogP contribution in [0.15, 0.2) is 76.8 Å². The molecule has 0 aliphatic carbocycles. The summed E-state index contributed by atoms with van der Waals surface area (Å²) >= 11 is 1.50. The number of benzene rings is 2. The predicted octanol–water partition coefficient (Wildman–Crippen LogP) is 3.38. The quantitative estimate of drug-likeness (QED) is 0.581. The molecule has 0 aliphatic heterocycles. The molecule has 0 bridgehead atoms. The van der Waals surface area contributed by atoms with Gasteiger partial charge in [-0.15, -0.1) is 0 Å². The van der Waals surface area contributed by atoms with E-state index in [1.165, 1.54) is 21.8 Å². The molecule has 0 aliphatic rings. The fraction of sp³-hybridized carbons (Fsp3) is 0.0556. The van der Waals surface area contributed by atoms with Gasteiger partial charge in [0.15, 0.2) is 10.8 Å². The maximum Gasteiger partial charge on any atom is 0.350 e. The van der Waals surface area contributed by atoms with Crippen molar-refractivity contribution in [3.63, 3.8) is 0 Å². The van der Waals surface area contributed by atoms with E-state index in [4.69, 9.17) is 0 Å². The summed E-state index contributed by atoms with van der Waals surface area (Å²) in [7, 11) is 0. The number of thioether (sulfide) groups is 1. The van der Waals surface area contributed by atoms with Crippen molar-refractivity contribution >= 4 is 17.4 Å². The van der Waals surface area contributed by atoms with Crippen LogP contribution in [0, 0.1) is 0 Å². The van der Waals surface area contributed by atoms with Crippen LogP contribution >= 0.6 is 11.8 Å². The highest BCUT2D eigenvalue weighted by Crippen LogP contribution is 2.24. The Bertz CT molecular complexity index is 1030. The van der Waals surface area contributed by atoms with Crippen LogP contribution in [-0.4, -0.2) is 19.6 Å². The van der Waals surface area contributed by atoms with Crippen molar-refractivity contribution in [1.82, 2.24) is 19.6 Å². The molecule has 6 heteroatoms. The molecule has 2 aromatic heterocycles. The van der Waals surface area contributed by atoms with E-state index in [9.17, 15) is 4.79 Å². The minimum Gasteiger partial charge on any atom is -0.285 e. The zero-order valence-electron chi connectivity index (χ0n) is 12.7. The molecule has 2 heterocycles. The Hall–Kier alpha value is -2.86. The van der Waals surface area contributed by atoms with Crippen molar-refractivity contribution in [2.45, 2.75) is 10.9 Å². The number of rotatable bonds is 4. The van der Waals surface area contributed by atoms with E-state index in [1.807, 2.05) is 48.5 Å². The molecule has 0 saturated carbocycles. The Kier molecular flexibility index (Phi) is 3.88. The SMILES string of the molecule is O=c1[nH]c(SCc2ccccc2)nc2c(-c3ccccc3)cnn12. The zero-order valence-corrected chi connectivity index (χ0v) is 13.5. The number of aromatic nitrogens is 4. The highest BCUT2D eigenvalue weighted by Gasteiger charge is 2.12. The third kappa shape index (κ3) is 2.83. The fourth-order valence-corrected chi connectivity index (χ4v) is 3.29. The average molecular weight is 334 g/mol. The van der Waals surface area contributed by atoms with Gasteiger partial charge < -0.3 is 0 Å². The molecule has 0 fully saturated rings. The zero-order chi connectivity index (χ0) is 16.4. The van der Waals surface area contributed by atoms with Crippen LogP contribution in [0.5, 0.6) is 0 Å².